The number of pyridine rings is 1. The first-order valence-corrected chi connectivity index (χ1v) is 12.8. The topological polar surface area (TPSA) is 118 Å². The lowest BCUT2D eigenvalue weighted by atomic mass is 10.0. The summed E-state index contributed by atoms with van der Waals surface area (Å²) in [5.41, 5.74) is 0.983. The summed E-state index contributed by atoms with van der Waals surface area (Å²) in [5.74, 6) is -0.580. The van der Waals surface area contributed by atoms with Gasteiger partial charge in [-0.05, 0) is 42.7 Å². The van der Waals surface area contributed by atoms with Gasteiger partial charge >= 0.3 is 0 Å². The Hall–Kier alpha value is -2.98. The number of ether oxygens (including phenoxy) is 1. The van der Waals surface area contributed by atoms with Crippen LogP contribution in [0.1, 0.15) is 50.5 Å². The third-order valence-electron chi connectivity index (χ3n) is 5.23. The van der Waals surface area contributed by atoms with Crippen molar-refractivity contribution in [1.29, 1.82) is 0 Å². The molecular weight excluding hydrogens is 456 g/mol. The molecule has 2 rings (SSSR count). The van der Waals surface area contributed by atoms with E-state index in [0.717, 1.165) is 5.56 Å². The Labute approximate surface area is 202 Å². The lowest BCUT2D eigenvalue weighted by molar-refractivity contribution is -0.124. The van der Waals surface area contributed by atoms with Crippen molar-refractivity contribution < 1.29 is 22.7 Å². The highest BCUT2D eigenvalue weighted by Gasteiger charge is 2.26. The van der Waals surface area contributed by atoms with Gasteiger partial charge in [-0.15, -0.1) is 0 Å². The third-order valence-corrected chi connectivity index (χ3v) is 7.28. The summed E-state index contributed by atoms with van der Waals surface area (Å²) >= 11 is 0. The maximum Gasteiger partial charge on any atom is 0.251 e. The largest absolute Gasteiger partial charge is 0.478 e. The fourth-order valence-electron chi connectivity index (χ4n) is 3.36. The highest BCUT2D eigenvalue weighted by Crippen LogP contribution is 2.17. The highest BCUT2D eigenvalue weighted by molar-refractivity contribution is 7.89. The SMILES string of the molecule is CCOc1cc(CNC(=O)C(NC(=O)c2cccc(S(=O)(=O)N(CC)CC)c2)C(C)C)ccn1. The van der Waals surface area contributed by atoms with E-state index in [2.05, 4.69) is 15.6 Å². The van der Waals surface area contributed by atoms with Crippen molar-refractivity contribution in [2.75, 3.05) is 19.7 Å². The zero-order chi connectivity index (χ0) is 25.3. The zero-order valence-corrected chi connectivity index (χ0v) is 21.2. The molecule has 1 aromatic heterocycles. The van der Waals surface area contributed by atoms with Crippen LogP contribution in [-0.2, 0) is 21.4 Å². The number of hydrogen-bond donors (Lipinski definition) is 2. The van der Waals surface area contributed by atoms with Crippen LogP contribution < -0.4 is 15.4 Å². The minimum absolute atomic E-state index is 0.0391. The monoisotopic (exact) mass is 490 g/mol. The molecule has 0 saturated carbocycles. The van der Waals surface area contributed by atoms with E-state index in [4.69, 9.17) is 4.74 Å². The van der Waals surface area contributed by atoms with E-state index in [0.29, 0.717) is 25.6 Å². The van der Waals surface area contributed by atoms with Crippen molar-refractivity contribution in [1.82, 2.24) is 19.9 Å². The van der Waals surface area contributed by atoms with Crippen LogP contribution in [0.4, 0.5) is 0 Å². The number of sulfonamides is 1. The summed E-state index contributed by atoms with van der Waals surface area (Å²) in [4.78, 5) is 29.9. The number of nitrogens with one attached hydrogen (secondary N) is 2. The van der Waals surface area contributed by atoms with Gasteiger partial charge in [-0.25, -0.2) is 13.4 Å². The van der Waals surface area contributed by atoms with Crippen LogP contribution in [0, 0.1) is 5.92 Å². The molecule has 2 N–H and O–H groups in total. The average molecular weight is 491 g/mol. The number of rotatable bonds is 12. The summed E-state index contributed by atoms with van der Waals surface area (Å²) in [7, 11) is -3.71. The summed E-state index contributed by atoms with van der Waals surface area (Å²) in [6.45, 7) is 10.4. The lowest BCUT2D eigenvalue weighted by Crippen LogP contribution is -2.49. The molecule has 10 heteroatoms. The molecule has 1 atom stereocenters. The second-order valence-corrected chi connectivity index (χ2v) is 9.90. The van der Waals surface area contributed by atoms with Gasteiger partial charge in [0.25, 0.3) is 5.91 Å². The fourth-order valence-corrected chi connectivity index (χ4v) is 4.86. The Bertz CT molecular complexity index is 1080. The van der Waals surface area contributed by atoms with E-state index in [1.807, 2.05) is 20.8 Å². The van der Waals surface area contributed by atoms with Crippen molar-refractivity contribution in [3.63, 3.8) is 0 Å². The Kier molecular flexibility index (Phi) is 10.0. The maximum absolute atomic E-state index is 12.9. The Morgan fingerprint density at radius 3 is 2.41 bits per heavy atom. The van der Waals surface area contributed by atoms with E-state index in [1.54, 1.807) is 32.2 Å². The molecular formula is C24H34N4O5S. The zero-order valence-electron chi connectivity index (χ0n) is 20.4. The molecule has 0 aliphatic rings. The molecule has 186 valence electrons. The molecule has 0 spiro atoms. The number of carbonyl (C=O) groups is 2. The molecule has 2 amide bonds. The molecule has 0 aliphatic carbocycles. The molecule has 34 heavy (non-hydrogen) atoms. The fraction of sp³-hybridized carbons (Fsp3) is 0.458. The first kappa shape index (κ1) is 27.3. The van der Waals surface area contributed by atoms with Crippen LogP contribution >= 0.6 is 0 Å². The number of carbonyl (C=O) groups excluding carboxylic acids is 2. The Morgan fingerprint density at radius 2 is 1.79 bits per heavy atom. The van der Waals surface area contributed by atoms with E-state index >= 15 is 0 Å². The minimum atomic E-state index is -3.71. The summed E-state index contributed by atoms with van der Waals surface area (Å²) in [6, 6.07) is 8.56. The first-order valence-electron chi connectivity index (χ1n) is 11.4. The second kappa shape index (κ2) is 12.5. The van der Waals surface area contributed by atoms with Gasteiger partial charge in [0.2, 0.25) is 21.8 Å². The standard InChI is InChI=1S/C24H34N4O5S/c1-6-28(7-2)34(31,32)20-11-9-10-19(15-20)23(29)27-22(17(4)5)24(30)26-16-18-12-13-25-21(14-18)33-8-3/h9-15,17,22H,6-8,16H2,1-5H3,(H,26,30)(H,27,29). The third kappa shape index (κ3) is 7.01. The summed E-state index contributed by atoms with van der Waals surface area (Å²) < 4.78 is 32.3. The van der Waals surface area contributed by atoms with Gasteiger partial charge in [-0.3, -0.25) is 9.59 Å². The van der Waals surface area contributed by atoms with E-state index in [1.165, 1.54) is 28.6 Å². The van der Waals surface area contributed by atoms with E-state index in [9.17, 15) is 18.0 Å². The van der Waals surface area contributed by atoms with Crippen LogP contribution in [0.15, 0.2) is 47.5 Å². The van der Waals surface area contributed by atoms with Gasteiger partial charge in [0.05, 0.1) is 11.5 Å². The molecule has 0 aliphatic heterocycles. The first-order chi connectivity index (χ1) is 16.1. The Morgan fingerprint density at radius 1 is 1.09 bits per heavy atom. The van der Waals surface area contributed by atoms with E-state index in [-0.39, 0.29) is 28.8 Å². The number of hydrogen-bond acceptors (Lipinski definition) is 6. The van der Waals surface area contributed by atoms with Gasteiger partial charge in [0.15, 0.2) is 0 Å². The van der Waals surface area contributed by atoms with Gasteiger partial charge in [-0.2, -0.15) is 4.31 Å². The normalized spacial score (nSPS) is 12.4. The molecule has 1 unspecified atom stereocenters. The van der Waals surface area contributed by atoms with Crippen LogP contribution in [-0.4, -0.2) is 55.3 Å². The van der Waals surface area contributed by atoms with Crippen LogP contribution in [0.5, 0.6) is 5.88 Å². The van der Waals surface area contributed by atoms with Crippen molar-refractivity contribution in [3.05, 3.63) is 53.7 Å². The van der Waals surface area contributed by atoms with E-state index < -0.39 is 22.0 Å². The van der Waals surface area contributed by atoms with Crippen molar-refractivity contribution in [2.45, 2.75) is 52.1 Å². The quantitative estimate of drug-likeness (QED) is 0.472. The molecule has 0 fully saturated rings. The van der Waals surface area contributed by atoms with Crippen molar-refractivity contribution >= 4 is 21.8 Å². The highest BCUT2D eigenvalue weighted by atomic mass is 32.2. The Balaban J connectivity index is 2.13. The molecule has 0 bridgehead atoms. The molecule has 2 aromatic rings. The molecule has 0 radical (unpaired) electrons. The predicted octanol–water partition coefficient (Wildman–Crippen LogP) is 2.58. The van der Waals surface area contributed by atoms with Crippen LogP contribution in [0.3, 0.4) is 0 Å². The van der Waals surface area contributed by atoms with Gasteiger partial charge in [-0.1, -0.05) is 33.8 Å². The number of benzene rings is 1. The second-order valence-electron chi connectivity index (χ2n) is 7.97. The predicted molar refractivity (Wildman–Crippen MR) is 130 cm³/mol. The summed E-state index contributed by atoms with van der Waals surface area (Å²) in [5, 5.41) is 5.57. The maximum atomic E-state index is 12.9. The van der Waals surface area contributed by atoms with Gasteiger partial charge in [0, 0.05) is 37.5 Å². The van der Waals surface area contributed by atoms with Crippen LogP contribution in [0.25, 0.3) is 0 Å². The van der Waals surface area contributed by atoms with Crippen molar-refractivity contribution in [3.8, 4) is 5.88 Å². The summed E-state index contributed by atoms with van der Waals surface area (Å²) in [6.07, 6.45) is 1.60. The number of amides is 2. The smallest absolute Gasteiger partial charge is 0.251 e. The number of aromatic nitrogens is 1. The van der Waals surface area contributed by atoms with Crippen molar-refractivity contribution in [2.24, 2.45) is 5.92 Å². The minimum Gasteiger partial charge on any atom is -0.478 e. The van der Waals surface area contributed by atoms with Gasteiger partial charge in [0.1, 0.15) is 6.04 Å². The molecule has 1 heterocycles. The molecule has 9 nitrogen and oxygen atoms in total. The van der Waals surface area contributed by atoms with Crippen LogP contribution in [0.2, 0.25) is 0 Å². The molecule has 1 aromatic carbocycles. The lowest BCUT2D eigenvalue weighted by Gasteiger charge is -2.22. The van der Waals surface area contributed by atoms with Gasteiger partial charge < -0.3 is 15.4 Å². The molecule has 0 saturated heterocycles. The number of nitrogens with zero attached hydrogens (tertiary/aromatic N) is 2. The average Bonchev–Trinajstić information content (AvgIpc) is 2.82.